The van der Waals surface area contributed by atoms with E-state index in [1.807, 2.05) is 0 Å². The highest BCUT2D eigenvalue weighted by Crippen LogP contribution is 2.11. The molecule has 1 aliphatic rings. The van der Waals surface area contributed by atoms with Gasteiger partial charge >= 0.3 is 12.1 Å². The molecule has 0 spiro atoms. The Morgan fingerprint density at radius 2 is 1.83 bits per heavy atom. The van der Waals surface area contributed by atoms with Gasteiger partial charge in [0.1, 0.15) is 5.60 Å². The molecule has 0 radical (unpaired) electrons. The summed E-state index contributed by atoms with van der Waals surface area (Å²) in [6.07, 6.45) is 4.78. The summed E-state index contributed by atoms with van der Waals surface area (Å²) in [6.45, 7) is 5.44. The van der Waals surface area contributed by atoms with E-state index in [4.69, 9.17) is 4.74 Å². The number of carbonyl (C=O) groups excluding carboxylic acids is 3. The van der Waals surface area contributed by atoms with Crippen molar-refractivity contribution in [3.63, 3.8) is 0 Å². The molecule has 0 aromatic carbocycles. The minimum absolute atomic E-state index is 0.0779. The van der Waals surface area contributed by atoms with Crippen LogP contribution in [0.25, 0.3) is 0 Å². The third-order valence-electron chi connectivity index (χ3n) is 1.94. The number of methoxy groups -OCH3 is 2. The molecule has 0 saturated heterocycles. The molecule has 2 N–H and O–H groups in total. The summed E-state index contributed by atoms with van der Waals surface area (Å²) in [5, 5.41) is 0. The van der Waals surface area contributed by atoms with Gasteiger partial charge < -0.3 is 19.9 Å². The summed E-state index contributed by atoms with van der Waals surface area (Å²) >= 11 is 0. The highest BCUT2D eigenvalue weighted by Gasteiger charge is 2.24. The average molecular weight is 330 g/mol. The van der Waals surface area contributed by atoms with Crippen LogP contribution in [0, 0.1) is 0 Å². The average Bonchev–Trinajstić information content (AvgIpc) is 2.92. The molecule has 0 atom stereocenters. The Balaban J connectivity index is 0. The van der Waals surface area contributed by atoms with E-state index in [2.05, 4.69) is 15.2 Å². The van der Waals surface area contributed by atoms with Crippen LogP contribution in [0.5, 0.6) is 0 Å². The fourth-order valence-electron chi connectivity index (χ4n) is 1.08. The van der Waals surface area contributed by atoms with Gasteiger partial charge in [-0.15, -0.1) is 0 Å². The van der Waals surface area contributed by atoms with Crippen LogP contribution in [0.3, 0.4) is 0 Å². The highest BCUT2D eigenvalue weighted by atomic mass is 16.6. The highest BCUT2D eigenvalue weighted by molar-refractivity contribution is 5.96. The molecule has 0 fully saturated rings. The number of nitrogens with zero attached hydrogens (tertiary/aromatic N) is 1. The number of esters is 1. The predicted molar refractivity (Wildman–Crippen MR) is 85.4 cm³/mol. The first kappa shape index (κ1) is 22.9. The number of ether oxygens (including phenoxy) is 3. The van der Waals surface area contributed by atoms with E-state index in [1.165, 1.54) is 50.8 Å². The van der Waals surface area contributed by atoms with Crippen molar-refractivity contribution in [1.82, 2.24) is 4.90 Å². The summed E-state index contributed by atoms with van der Waals surface area (Å²) < 4.78 is 13.7. The second-order valence-electron chi connectivity index (χ2n) is 4.95. The van der Waals surface area contributed by atoms with Crippen molar-refractivity contribution >= 4 is 17.8 Å². The van der Waals surface area contributed by atoms with Crippen LogP contribution >= 0.6 is 0 Å². The molecule has 8 nitrogen and oxygen atoms in total. The van der Waals surface area contributed by atoms with Crippen LogP contribution in [0.1, 0.15) is 20.8 Å². The lowest BCUT2D eigenvalue weighted by Crippen LogP contribution is -2.33. The number of carbonyl (C=O) groups is 3. The maximum Gasteiger partial charge on any atom is 0.414 e. The van der Waals surface area contributed by atoms with Crippen LogP contribution in [0.4, 0.5) is 4.79 Å². The predicted octanol–water partition coefficient (Wildman–Crippen LogP) is 1.21. The number of rotatable bonds is 2. The molecule has 8 heteroatoms. The number of nitrogens with two attached hydrogens (primary N) is 1. The molecule has 23 heavy (non-hydrogen) atoms. The lowest BCUT2D eigenvalue weighted by atomic mass is 10.2. The summed E-state index contributed by atoms with van der Waals surface area (Å²) in [5.41, 5.74) is 3.98. The van der Waals surface area contributed by atoms with E-state index in [9.17, 15) is 14.4 Å². The maximum atomic E-state index is 11.3. The summed E-state index contributed by atoms with van der Waals surface area (Å²) in [7, 11) is 4.27. The molecule has 0 bridgehead atoms. The fourth-order valence-corrected chi connectivity index (χ4v) is 1.08. The van der Waals surface area contributed by atoms with Crippen LogP contribution in [-0.4, -0.2) is 56.2 Å². The van der Waals surface area contributed by atoms with E-state index in [0.29, 0.717) is 0 Å². The zero-order chi connectivity index (χ0) is 18.5. The van der Waals surface area contributed by atoms with Crippen LogP contribution < -0.4 is 5.73 Å². The van der Waals surface area contributed by atoms with Crippen molar-refractivity contribution in [2.24, 2.45) is 5.73 Å². The zero-order valence-corrected chi connectivity index (χ0v) is 14.5. The number of amides is 1. The third kappa shape index (κ3) is 13.1. The van der Waals surface area contributed by atoms with Gasteiger partial charge in [-0.2, -0.15) is 0 Å². The number of hydrogen-bond donors (Lipinski definition) is 1. The van der Waals surface area contributed by atoms with Crippen molar-refractivity contribution in [1.29, 1.82) is 0 Å². The Hall–Kier alpha value is -2.35. The maximum absolute atomic E-state index is 11.3. The minimum atomic E-state index is -0.517. The SMILES string of the molecule is CC(C)(C)OC(=O)N1C=CC(=O)C1.CN.CO/C=C/C(=O)OC. The number of hydrogen-bond acceptors (Lipinski definition) is 7. The first-order valence-corrected chi connectivity index (χ1v) is 6.75. The molecular formula is C15H26N2O6. The molecule has 1 rings (SSSR count). The summed E-state index contributed by atoms with van der Waals surface area (Å²) in [6, 6.07) is 0. The summed E-state index contributed by atoms with van der Waals surface area (Å²) in [4.78, 5) is 33.5. The molecule has 1 heterocycles. The van der Waals surface area contributed by atoms with Crippen LogP contribution in [-0.2, 0) is 23.8 Å². The van der Waals surface area contributed by atoms with Gasteiger partial charge in [0.05, 0.1) is 33.1 Å². The van der Waals surface area contributed by atoms with E-state index in [-0.39, 0.29) is 12.3 Å². The normalized spacial score (nSPS) is 12.8. The van der Waals surface area contributed by atoms with Gasteiger partial charge in [-0.25, -0.2) is 9.59 Å². The Morgan fingerprint density at radius 1 is 1.26 bits per heavy atom. The Bertz CT molecular complexity index is 438. The number of ketones is 1. The minimum Gasteiger partial charge on any atom is -0.504 e. The van der Waals surface area contributed by atoms with Crippen molar-refractivity contribution in [2.75, 3.05) is 27.8 Å². The largest absolute Gasteiger partial charge is 0.504 e. The molecule has 0 aliphatic carbocycles. The van der Waals surface area contributed by atoms with E-state index < -0.39 is 17.7 Å². The van der Waals surface area contributed by atoms with E-state index >= 15 is 0 Å². The van der Waals surface area contributed by atoms with Gasteiger partial charge in [-0.1, -0.05) is 0 Å². The molecule has 0 saturated carbocycles. The second-order valence-corrected chi connectivity index (χ2v) is 4.95. The van der Waals surface area contributed by atoms with Gasteiger partial charge in [0, 0.05) is 6.20 Å². The first-order valence-electron chi connectivity index (χ1n) is 6.75. The Morgan fingerprint density at radius 3 is 2.17 bits per heavy atom. The lowest BCUT2D eigenvalue weighted by Gasteiger charge is -2.22. The van der Waals surface area contributed by atoms with Gasteiger partial charge in [0.25, 0.3) is 0 Å². The molecule has 0 aromatic rings. The van der Waals surface area contributed by atoms with Gasteiger partial charge in [-0.05, 0) is 33.9 Å². The van der Waals surface area contributed by atoms with Gasteiger partial charge in [0.2, 0.25) is 0 Å². The molecule has 1 aliphatic heterocycles. The van der Waals surface area contributed by atoms with Gasteiger partial charge in [-0.3, -0.25) is 9.69 Å². The van der Waals surface area contributed by atoms with Crippen molar-refractivity contribution < 1.29 is 28.6 Å². The summed E-state index contributed by atoms with van der Waals surface area (Å²) in [5.74, 6) is -0.488. The van der Waals surface area contributed by atoms with E-state index in [0.717, 1.165) is 0 Å². The second kappa shape index (κ2) is 12.2. The quantitative estimate of drug-likeness (QED) is 0.460. The van der Waals surface area contributed by atoms with Gasteiger partial charge in [0.15, 0.2) is 5.78 Å². The van der Waals surface area contributed by atoms with Crippen molar-refractivity contribution in [2.45, 2.75) is 26.4 Å². The van der Waals surface area contributed by atoms with Crippen LogP contribution in [0.2, 0.25) is 0 Å². The molecule has 132 valence electrons. The third-order valence-corrected chi connectivity index (χ3v) is 1.94. The molecule has 1 amide bonds. The topological polar surface area (TPSA) is 108 Å². The van der Waals surface area contributed by atoms with Crippen molar-refractivity contribution in [3.8, 4) is 0 Å². The Labute approximate surface area is 136 Å². The monoisotopic (exact) mass is 330 g/mol. The Kier molecular flexibility index (Phi) is 12.2. The molecular weight excluding hydrogens is 304 g/mol. The fraction of sp³-hybridized carbons (Fsp3) is 0.533. The lowest BCUT2D eigenvalue weighted by molar-refractivity contribution is -0.135. The standard InChI is InChI=1S/C9H13NO3.C5H8O3.CH5N/c1-9(2,3)13-8(12)10-5-4-7(11)6-10;1-7-4-3-5(6)8-2;1-2/h4-5H,6H2,1-3H3;3-4H,1-2H3;2H2,1H3/b;4-3+;. The first-order chi connectivity index (χ1) is 10.7. The van der Waals surface area contributed by atoms with E-state index in [1.54, 1.807) is 20.8 Å². The molecule has 0 unspecified atom stereocenters. The molecule has 0 aromatic heterocycles. The smallest absolute Gasteiger partial charge is 0.414 e. The van der Waals surface area contributed by atoms with Crippen molar-refractivity contribution in [3.05, 3.63) is 24.6 Å². The van der Waals surface area contributed by atoms with Crippen LogP contribution in [0.15, 0.2) is 24.6 Å². The zero-order valence-electron chi connectivity index (χ0n) is 14.5.